The van der Waals surface area contributed by atoms with Gasteiger partial charge in [0.1, 0.15) is 0 Å². The molecule has 1 saturated heterocycles. The van der Waals surface area contributed by atoms with Gasteiger partial charge in [-0.3, -0.25) is 0 Å². The SMILES string of the molecule is NCC1CCN(c2ccc(Cl)nn2)CC1. The van der Waals surface area contributed by atoms with Crippen LogP contribution in [0.15, 0.2) is 12.1 Å². The van der Waals surface area contributed by atoms with Crippen LogP contribution in [0.5, 0.6) is 0 Å². The van der Waals surface area contributed by atoms with Crippen molar-refractivity contribution < 1.29 is 0 Å². The summed E-state index contributed by atoms with van der Waals surface area (Å²) >= 11 is 5.69. The van der Waals surface area contributed by atoms with E-state index in [1.165, 1.54) is 0 Å². The van der Waals surface area contributed by atoms with Gasteiger partial charge in [-0.1, -0.05) is 11.6 Å². The van der Waals surface area contributed by atoms with Gasteiger partial charge in [0.05, 0.1) is 0 Å². The second-order valence-electron chi connectivity index (χ2n) is 3.88. The number of aromatic nitrogens is 2. The predicted molar refractivity (Wildman–Crippen MR) is 61.0 cm³/mol. The first-order valence-corrected chi connectivity index (χ1v) is 5.61. The van der Waals surface area contributed by atoms with Crippen LogP contribution < -0.4 is 10.6 Å². The molecule has 82 valence electrons. The Hall–Kier alpha value is -0.870. The normalized spacial score (nSPS) is 18.1. The number of nitrogens with two attached hydrogens (primary N) is 1. The summed E-state index contributed by atoms with van der Waals surface area (Å²) in [6.07, 6.45) is 2.28. The van der Waals surface area contributed by atoms with Gasteiger partial charge in [-0.2, -0.15) is 0 Å². The summed E-state index contributed by atoms with van der Waals surface area (Å²) in [4.78, 5) is 2.23. The Morgan fingerprint density at radius 1 is 1.33 bits per heavy atom. The summed E-state index contributed by atoms with van der Waals surface area (Å²) in [5, 5.41) is 8.35. The lowest BCUT2D eigenvalue weighted by molar-refractivity contribution is 0.412. The summed E-state index contributed by atoms with van der Waals surface area (Å²) < 4.78 is 0. The second-order valence-corrected chi connectivity index (χ2v) is 4.27. The Morgan fingerprint density at radius 3 is 2.60 bits per heavy atom. The average Bonchev–Trinajstić information content (AvgIpc) is 2.30. The van der Waals surface area contributed by atoms with E-state index in [1.54, 1.807) is 6.07 Å². The Kier molecular flexibility index (Phi) is 3.38. The number of hydrogen-bond acceptors (Lipinski definition) is 4. The molecule has 0 saturated carbocycles. The van der Waals surface area contributed by atoms with Crippen LogP contribution in [-0.4, -0.2) is 29.8 Å². The molecule has 1 aromatic heterocycles. The summed E-state index contributed by atoms with van der Waals surface area (Å²) in [5.74, 6) is 1.58. The van der Waals surface area contributed by atoms with E-state index in [9.17, 15) is 0 Å². The minimum atomic E-state index is 0.440. The van der Waals surface area contributed by atoms with Gasteiger partial charge in [-0.15, -0.1) is 10.2 Å². The Labute approximate surface area is 94.4 Å². The van der Waals surface area contributed by atoms with E-state index in [2.05, 4.69) is 15.1 Å². The van der Waals surface area contributed by atoms with Crippen molar-refractivity contribution >= 4 is 17.4 Å². The number of nitrogens with zero attached hydrogens (tertiary/aromatic N) is 3. The molecule has 0 atom stereocenters. The molecule has 0 aromatic carbocycles. The van der Waals surface area contributed by atoms with Crippen molar-refractivity contribution in [3.05, 3.63) is 17.3 Å². The second kappa shape index (κ2) is 4.77. The van der Waals surface area contributed by atoms with E-state index >= 15 is 0 Å². The maximum Gasteiger partial charge on any atom is 0.151 e. The lowest BCUT2D eigenvalue weighted by Gasteiger charge is -2.31. The van der Waals surface area contributed by atoms with Gasteiger partial charge in [-0.05, 0) is 37.4 Å². The largest absolute Gasteiger partial charge is 0.355 e. The van der Waals surface area contributed by atoms with Crippen LogP contribution in [0.4, 0.5) is 5.82 Å². The maximum absolute atomic E-state index is 5.69. The first kappa shape index (κ1) is 10.6. The van der Waals surface area contributed by atoms with Crippen LogP contribution in [0.2, 0.25) is 5.15 Å². The van der Waals surface area contributed by atoms with Crippen molar-refractivity contribution in [1.29, 1.82) is 0 Å². The van der Waals surface area contributed by atoms with Crippen LogP contribution in [0.3, 0.4) is 0 Å². The molecule has 0 amide bonds. The molecule has 2 heterocycles. The highest BCUT2D eigenvalue weighted by Gasteiger charge is 2.18. The summed E-state index contributed by atoms with van der Waals surface area (Å²) in [5.41, 5.74) is 5.64. The first-order valence-electron chi connectivity index (χ1n) is 5.24. The number of halogens is 1. The van der Waals surface area contributed by atoms with Crippen molar-refractivity contribution in [2.24, 2.45) is 11.7 Å². The van der Waals surface area contributed by atoms with Crippen LogP contribution in [0.1, 0.15) is 12.8 Å². The fourth-order valence-corrected chi connectivity index (χ4v) is 1.98. The Balaban J connectivity index is 1.98. The highest BCUT2D eigenvalue weighted by atomic mass is 35.5. The molecule has 0 radical (unpaired) electrons. The monoisotopic (exact) mass is 226 g/mol. The Bertz CT molecular complexity index is 306. The first-order chi connectivity index (χ1) is 7.29. The highest BCUT2D eigenvalue weighted by Crippen LogP contribution is 2.20. The molecule has 1 aromatic rings. The standard InChI is InChI=1S/C10H15ClN4/c11-9-1-2-10(14-13-9)15-5-3-8(7-12)4-6-15/h1-2,8H,3-7,12H2. The molecule has 0 unspecified atom stereocenters. The molecule has 15 heavy (non-hydrogen) atoms. The molecule has 4 nitrogen and oxygen atoms in total. The number of anilines is 1. The molecular weight excluding hydrogens is 212 g/mol. The van der Waals surface area contributed by atoms with E-state index in [4.69, 9.17) is 17.3 Å². The molecule has 1 aliphatic heterocycles. The van der Waals surface area contributed by atoms with Crippen molar-refractivity contribution in [2.75, 3.05) is 24.5 Å². The van der Waals surface area contributed by atoms with Crippen LogP contribution >= 0.6 is 11.6 Å². The van der Waals surface area contributed by atoms with Crippen molar-refractivity contribution in [3.63, 3.8) is 0 Å². The third-order valence-electron chi connectivity index (χ3n) is 2.89. The van der Waals surface area contributed by atoms with Crippen molar-refractivity contribution in [3.8, 4) is 0 Å². The zero-order valence-electron chi connectivity index (χ0n) is 8.56. The molecule has 2 N–H and O–H groups in total. The van der Waals surface area contributed by atoms with Crippen LogP contribution in [0, 0.1) is 5.92 Å². The van der Waals surface area contributed by atoms with Gasteiger partial charge >= 0.3 is 0 Å². The van der Waals surface area contributed by atoms with Gasteiger partial charge in [-0.25, -0.2) is 0 Å². The molecule has 2 rings (SSSR count). The molecular formula is C10H15ClN4. The average molecular weight is 227 g/mol. The van der Waals surface area contributed by atoms with E-state index in [0.717, 1.165) is 38.3 Å². The van der Waals surface area contributed by atoms with Crippen LogP contribution in [-0.2, 0) is 0 Å². The van der Waals surface area contributed by atoms with Crippen molar-refractivity contribution in [1.82, 2.24) is 10.2 Å². The fraction of sp³-hybridized carbons (Fsp3) is 0.600. The summed E-state index contributed by atoms with van der Waals surface area (Å²) in [7, 11) is 0. The highest BCUT2D eigenvalue weighted by molar-refractivity contribution is 6.29. The molecule has 0 spiro atoms. The van der Waals surface area contributed by atoms with Crippen molar-refractivity contribution in [2.45, 2.75) is 12.8 Å². The number of piperidine rings is 1. The third-order valence-corrected chi connectivity index (χ3v) is 3.09. The molecule has 1 aliphatic rings. The quantitative estimate of drug-likeness (QED) is 0.826. The van der Waals surface area contributed by atoms with Gasteiger partial charge in [0.2, 0.25) is 0 Å². The molecule has 5 heteroatoms. The Morgan fingerprint density at radius 2 is 2.07 bits per heavy atom. The van der Waals surface area contributed by atoms with Gasteiger partial charge in [0.15, 0.2) is 11.0 Å². The smallest absolute Gasteiger partial charge is 0.151 e. The lowest BCUT2D eigenvalue weighted by Crippen LogP contribution is -2.36. The molecule has 0 aliphatic carbocycles. The third kappa shape index (κ3) is 2.58. The van der Waals surface area contributed by atoms with E-state index in [0.29, 0.717) is 11.1 Å². The van der Waals surface area contributed by atoms with Gasteiger partial charge in [0.25, 0.3) is 0 Å². The van der Waals surface area contributed by atoms with E-state index in [1.807, 2.05) is 6.07 Å². The van der Waals surface area contributed by atoms with Crippen LogP contribution in [0.25, 0.3) is 0 Å². The fourth-order valence-electron chi connectivity index (χ4n) is 1.88. The molecule has 0 bridgehead atoms. The predicted octanol–water partition coefficient (Wildman–Crippen LogP) is 1.31. The van der Waals surface area contributed by atoms with E-state index in [-0.39, 0.29) is 0 Å². The minimum absolute atomic E-state index is 0.440. The maximum atomic E-state index is 5.69. The van der Waals surface area contributed by atoms with Gasteiger partial charge in [0, 0.05) is 13.1 Å². The zero-order chi connectivity index (χ0) is 10.7. The van der Waals surface area contributed by atoms with Gasteiger partial charge < -0.3 is 10.6 Å². The molecule has 1 fully saturated rings. The number of rotatable bonds is 2. The minimum Gasteiger partial charge on any atom is -0.355 e. The van der Waals surface area contributed by atoms with E-state index < -0.39 is 0 Å². The summed E-state index contributed by atoms with van der Waals surface area (Å²) in [6, 6.07) is 3.69. The zero-order valence-corrected chi connectivity index (χ0v) is 9.32. The lowest BCUT2D eigenvalue weighted by atomic mass is 9.97. The summed E-state index contributed by atoms with van der Waals surface area (Å²) in [6.45, 7) is 2.82. The number of hydrogen-bond donors (Lipinski definition) is 1. The topological polar surface area (TPSA) is 55.0 Å².